The minimum atomic E-state index is -4.53. The molecule has 2 aliphatic rings. The van der Waals surface area contributed by atoms with Crippen LogP contribution in [0.5, 0.6) is 5.75 Å². The van der Waals surface area contributed by atoms with Crippen LogP contribution in [0.2, 0.25) is 0 Å². The molecule has 0 spiro atoms. The maximum Gasteiger partial charge on any atom is 1.00 e. The Morgan fingerprint density at radius 2 is 1.96 bits per heavy atom. The van der Waals surface area contributed by atoms with Gasteiger partial charge in [0.1, 0.15) is 11.5 Å². The van der Waals surface area contributed by atoms with Gasteiger partial charge in [-0.15, -0.1) is 0 Å². The molecule has 0 heterocycles. The predicted octanol–water partition coefficient (Wildman–Crippen LogP) is 0.424. The molecule has 2 aromatic carbocycles. The van der Waals surface area contributed by atoms with Crippen LogP contribution in [0.25, 0.3) is 10.8 Å². The van der Waals surface area contributed by atoms with Gasteiger partial charge < -0.3 is 4.18 Å². The Morgan fingerprint density at radius 1 is 1.20 bits per heavy atom. The summed E-state index contributed by atoms with van der Waals surface area (Å²) in [7, 11) is -4.53. The molecule has 0 bridgehead atoms. The molecule has 25 heavy (non-hydrogen) atoms. The van der Waals surface area contributed by atoms with Crippen molar-refractivity contribution < 1.29 is 51.5 Å². The third-order valence-corrected chi connectivity index (χ3v) is 6.08. The Hall–Kier alpha value is -0.920. The first-order valence-corrected chi connectivity index (χ1v) is 9.40. The molecule has 0 saturated heterocycles. The van der Waals surface area contributed by atoms with Crippen molar-refractivity contribution in [3.05, 3.63) is 41.5 Å². The molecular weight excluding hydrogens is 351 g/mol. The number of ketones is 1. The molecule has 1 fully saturated rings. The molecule has 1 N–H and O–H groups in total. The van der Waals surface area contributed by atoms with Gasteiger partial charge in [0.2, 0.25) is 0 Å². The zero-order valence-electron chi connectivity index (χ0n) is 14.3. The van der Waals surface area contributed by atoms with E-state index in [2.05, 4.69) is 17.2 Å². The van der Waals surface area contributed by atoms with Gasteiger partial charge in [-0.1, -0.05) is 25.1 Å². The van der Waals surface area contributed by atoms with Crippen LogP contribution in [0.4, 0.5) is 0 Å². The van der Waals surface area contributed by atoms with Crippen molar-refractivity contribution in [1.82, 2.24) is 0 Å². The summed E-state index contributed by atoms with van der Waals surface area (Å²) in [6, 6.07) is 8.96. The van der Waals surface area contributed by atoms with Crippen molar-refractivity contribution in [3.63, 3.8) is 0 Å². The van der Waals surface area contributed by atoms with Crippen LogP contribution in [0.3, 0.4) is 0 Å². The molecule has 7 heteroatoms. The number of hydrogen-bond acceptors (Lipinski definition) is 4. The molecule has 0 radical (unpaired) electrons. The smallest absolute Gasteiger partial charge is 0.362 e. The second-order valence-corrected chi connectivity index (χ2v) is 7.98. The molecule has 126 valence electrons. The number of hydrogen-bond donors (Lipinski definition) is 1. The molecule has 2 atom stereocenters. The maximum atomic E-state index is 12.3. The van der Waals surface area contributed by atoms with Crippen molar-refractivity contribution in [2.75, 3.05) is 0 Å². The van der Waals surface area contributed by atoms with E-state index in [1.165, 1.54) is 11.1 Å². The van der Waals surface area contributed by atoms with Crippen molar-refractivity contribution >= 4 is 27.0 Å². The van der Waals surface area contributed by atoms with E-state index in [1.54, 1.807) is 12.1 Å². The van der Waals surface area contributed by atoms with Crippen LogP contribution in [-0.2, 0) is 21.6 Å². The van der Waals surface area contributed by atoms with Crippen LogP contribution >= 0.6 is 0 Å². The van der Waals surface area contributed by atoms with Gasteiger partial charge >= 0.3 is 40.0 Å². The monoisotopic (exact) mass is 369 g/mol. The van der Waals surface area contributed by atoms with Gasteiger partial charge in [-0.2, -0.15) is 8.42 Å². The first-order chi connectivity index (χ1) is 11.3. The Kier molecular flexibility index (Phi) is 4.79. The summed E-state index contributed by atoms with van der Waals surface area (Å²) < 4.78 is 35.1. The quantitative estimate of drug-likeness (QED) is 0.613. The van der Waals surface area contributed by atoms with Crippen LogP contribution in [-0.4, -0.2) is 18.8 Å². The standard InChI is InChI=1S/C18H18O5S.Na/c1-18-9-8-14-13-5-3-12(23-24(20,21)22)10-11(13)2-4-15(14)16(18)6-7-17(18)19;/h2-5,10,16H,6-9H2,1H3,(H,20,21,22);/q;+1/t16-,18-;/m0./s1. The van der Waals surface area contributed by atoms with Crippen molar-refractivity contribution in [3.8, 4) is 5.75 Å². The largest absolute Gasteiger partial charge is 1.00 e. The molecule has 5 nitrogen and oxygen atoms in total. The van der Waals surface area contributed by atoms with Gasteiger partial charge in [-0.25, -0.2) is 0 Å². The normalized spacial score (nSPS) is 25.2. The average molecular weight is 369 g/mol. The molecule has 2 aliphatic carbocycles. The Morgan fingerprint density at radius 3 is 2.68 bits per heavy atom. The summed E-state index contributed by atoms with van der Waals surface area (Å²) in [5.74, 6) is 0.726. The molecule has 2 aromatic rings. The fourth-order valence-corrected chi connectivity index (χ4v) is 4.79. The van der Waals surface area contributed by atoms with Gasteiger partial charge in [-0.3, -0.25) is 9.35 Å². The topological polar surface area (TPSA) is 80.7 Å². The van der Waals surface area contributed by atoms with Crippen LogP contribution in [0, 0.1) is 5.41 Å². The van der Waals surface area contributed by atoms with Crippen molar-refractivity contribution in [2.24, 2.45) is 5.41 Å². The number of fused-ring (bicyclic) bond motifs is 5. The average Bonchev–Trinajstić information content (AvgIpc) is 2.81. The summed E-state index contributed by atoms with van der Waals surface area (Å²) in [5, 5.41) is 1.92. The van der Waals surface area contributed by atoms with Crippen LogP contribution in [0.1, 0.15) is 43.2 Å². The third kappa shape index (κ3) is 3.15. The molecule has 0 aromatic heterocycles. The van der Waals surface area contributed by atoms with E-state index < -0.39 is 10.4 Å². The first-order valence-electron chi connectivity index (χ1n) is 8.04. The molecule has 0 aliphatic heterocycles. The van der Waals surface area contributed by atoms with E-state index in [-0.39, 0.29) is 46.6 Å². The number of carbonyl (C=O) groups excluding carboxylic acids is 1. The Labute approximate surface area is 169 Å². The first kappa shape index (κ1) is 18.9. The molecule has 4 rings (SSSR count). The zero-order chi connectivity index (χ0) is 17.1. The van der Waals surface area contributed by atoms with Gasteiger partial charge in [0.15, 0.2) is 0 Å². The molecule has 1 saturated carbocycles. The molecule has 0 amide bonds. The number of benzene rings is 2. The minimum absolute atomic E-state index is 0. The van der Waals surface area contributed by atoms with E-state index in [0.29, 0.717) is 12.2 Å². The molecule has 0 unspecified atom stereocenters. The van der Waals surface area contributed by atoms with Gasteiger partial charge in [0.25, 0.3) is 0 Å². The van der Waals surface area contributed by atoms with Crippen LogP contribution < -0.4 is 33.7 Å². The summed E-state index contributed by atoms with van der Waals surface area (Å²) in [4.78, 5) is 12.3. The number of carbonyl (C=O) groups is 1. The van der Waals surface area contributed by atoms with Gasteiger partial charge in [0.05, 0.1) is 0 Å². The summed E-state index contributed by atoms with van der Waals surface area (Å²) in [5.41, 5.74) is 2.24. The molecular formula is C18H18NaO5S+. The summed E-state index contributed by atoms with van der Waals surface area (Å²) in [6.45, 7) is 2.09. The second kappa shape index (κ2) is 6.35. The Balaban J connectivity index is 0.00000182. The fraction of sp³-hybridized carbons (Fsp3) is 0.389. The van der Waals surface area contributed by atoms with Crippen molar-refractivity contribution in [2.45, 2.75) is 38.5 Å². The predicted molar refractivity (Wildman–Crippen MR) is 89.5 cm³/mol. The number of Topliss-reactive ketones (excluding diaryl/α,β-unsaturated/α-hetero) is 1. The van der Waals surface area contributed by atoms with Gasteiger partial charge in [-0.05, 0) is 59.2 Å². The van der Waals surface area contributed by atoms with E-state index in [4.69, 9.17) is 4.55 Å². The van der Waals surface area contributed by atoms with E-state index >= 15 is 0 Å². The number of rotatable bonds is 2. The third-order valence-electron chi connectivity index (χ3n) is 5.68. The second-order valence-electron chi connectivity index (χ2n) is 6.96. The van der Waals surface area contributed by atoms with E-state index in [1.807, 2.05) is 12.1 Å². The van der Waals surface area contributed by atoms with E-state index in [0.717, 1.165) is 30.0 Å². The number of aryl methyl sites for hydroxylation is 1. The van der Waals surface area contributed by atoms with E-state index in [9.17, 15) is 13.2 Å². The summed E-state index contributed by atoms with van der Waals surface area (Å²) in [6.07, 6.45) is 3.24. The van der Waals surface area contributed by atoms with Crippen LogP contribution in [0.15, 0.2) is 30.3 Å². The van der Waals surface area contributed by atoms with Gasteiger partial charge in [0, 0.05) is 11.8 Å². The van der Waals surface area contributed by atoms with Crippen molar-refractivity contribution in [1.29, 1.82) is 0 Å². The summed E-state index contributed by atoms with van der Waals surface area (Å²) >= 11 is 0. The SMILES string of the molecule is C[C@]12CCc3c(ccc4cc(OS(=O)(=O)O)ccc34)[C@@H]1CCC2=O.[Na+]. The minimum Gasteiger partial charge on any atom is -0.362 e. The maximum absolute atomic E-state index is 12.3. The Bertz CT molecular complexity index is 969. The zero-order valence-corrected chi connectivity index (χ0v) is 17.1. The fourth-order valence-electron chi connectivity index (χ4n) is 4.44.